The summed E-state index contributed by atoms with van der Waals surface area (Å²) in [5, 5.41) is 14.6. The molecule has 0 aliphatic carbocycles. The zero-order chi connectivity index (χ0) is 16.8. The van der Waals surface area contributed by atoms with Crippen molar-refractivity contribution in [2.24, 2.45) is 0 Å². The number of tetrazole rings is 1. The number of hydrogen-bond acceptors (Lipinski definition) is 5. The predicted molar refractivity (Wildman–Crippen MR) is 88.1 cm³/mol. The summed E-state index contributed by atoms with van der Waals surface area (Å²) in [6.07, 6.45) is 6.26. The molecule has 0 atom stereocenters. The molecule has 8 nitrogen and oxygen atoms in total. The maximum Gasteiger partial charge on any atom is 0.251 e. The van der Waals surface area contributed by atoms with Crippen molar-refractivity contribution in [3.05, 3.63) is 48.5 Å². The van der Waals surface area contributed by atoms with E-state index in [1.54, 1.807) is 23.3 Å². The Bertz CT molecular complexity index is 794. The van der Waals surface area contributed by atoms with Crippen LogP contribution >= 0.6 is 0 Å². The Labute approximate surface area is 139 Å². The fraction of sp³-hybridized carbons (Fsp3) is 0.312. The molecule has 0 spiro atoms. The van der Waals surface area contributed by atoms with Gasteiger partial charge in [0.05, 0.1) is 6.33 Å². The molecular formula is C16H19N7O. The molecule has 0 unspecified atom stereocenters. The third kappa shape index (κ3) is 3.65. The summed E-state index contributed by atoms with van der Waals surface area (Å²) in [4.78, 5) is 16.3. The Kier molecular flexibility index (Phi) is 4.95. The SMILES string of the molecule is CCn1nnnc1-c1cccc(C(=O)NCCCn2ccnc2)c1. The molecule has 0 radical (unpaired) electrons. The summed E-state index contributed by atoms with van der Waals surface area (Å²) in [5.41, 5.74) is 1.42. The summed E-state index contributed by atoms with van der Waals surface area (Å²) in [7, 11) is 0. The number of carbonyl (C=O) groups excluding carboxylic acids is 1. The molecule has 0 bridgehead atoms. The minimum absolute atomic E-state index is 0.0991. The van der Waals surface area contributed by atoms with Crippen molar-refractivity contribution in [2.45, 2.75) is 26.4 Å². The van der Waals surface area contributed by atoms with Gasteiger partial charge in [-0.15, -0.1) is 5.10 Å². The zero-order valence-electron chi connectivity index (χ0n) is 13.5. The predicted octanol–water partition coefficient (Wildman–Crippen LogP) is 1.38. The quantitative estimate of drug-likeness (QED) is 0.663. The second kappa shape index (κ2) is 7.49. The van der Waals surface area contributed by atoms with Crippen molar-refractivity contribution in [1.82, 2.24) is 35.1 Å². The molecule has 0 saturated carbocycles. The van der Waals surface area contributed by atoms with Gasteiger partial charge in [-0.1, -0.05) is 12.1 Å². The lowest BCUT2D eigenvalue weighted by atomic mass is 10.1. The second-order valence-corrected chi connectivity index (χ2v) is 5.31. The first kappa shape index (κ1) is 15.9. The highest BCUT2D eigenvalue weighted by molar-refractivity contribution is 5.95. The summed E-state index contributed by atoms with van der Waals surface area (Å²) in [6.45, 7) is 4.07. The van der Waals surface area contributed by atoms with Crippen LogP contribution in [0.1, 0.15) is 23.7 Å². The van der Waals surface area contributed by atoms with Gasteiger partial charge in [0.25, 0.3) is 5.91 Å². The molecule has 1 N–H and O–H groups in total. The van der Waals surface area contributed by atoms with Gasteiger partial charge < -0.3 is 9.88 Å². The average molecular weight is 325 g/mol. The van der Waals surface area contributed by atoms with Crippen LogP contribution < -0.4 is 5.32 Å². The molecule has 8 heteroatoms. The number of hydrogen-bond donors (Lipinski definition) is 1. The van der Waals surface area contributed by atoms with Crippen LogP contribution in [0.25, 0.3) is 11.4 Å². The molecule has 3 rings (SSSR count). The van der Waals surface area contributed by atoms with Gasteiger partial charge in [0, 0.05) is 43.2 Å². The number of nitrogens with one attached hydrogen (secondary N) is 1. The molecule has 1 amide bonds. The molecule has 0 saturated heterocycles. The first-order valence-corrected chi connectivity index (χ1v) is 7.88. The molecule has 0 aliphatic heterocycles. The van der Waals surface area contributed by atoms with E-state index in [9.17, 15) is 4.79 Å². The largest absolute Gasteiger partial charge is 0.352 e. The minimum atomic E-state index is -0.0991. The van der Waals surface area contributed by atoms with Crippen LogP contribution in [0.4, 0.5) is 0 Å². The van der Waals surface area contributed by atoms with Crippen molar-refractivity contribution in [2.75, 3.05) is 6.54 Å². The van der Waals surface area contributed by atoms with E-state index in [-0.39, 0.29) is 5.91 Å². The van der Waals surface area contributed by atoms with Crippen molar-refractivity contribution >= 4 is 5.91 Å². The lowest BCUT2D eigenvalue weighted by Crippen LogP contribution is -2.25. The molecule has 24 heavy (non-hydrogen) atoms. The van der Waals surface area contributed by atoms with Gasteiger partial charge >= 0.3 is 0 Å². The highest BCUT2D eigenvalue weighted by Crippen LogP contribution is 2.17. The van der Waals surface area contributed by atoms with E-state index in [1.807, 2.05) is 35.9 Å². The first-order chi connectivity index (χ1) is 11.8. The number of aryl methyl sites for hydroxylation is 2. The second-order valence-electron chi connectivity index (χ2n) is 5.31. The van der Waals surface area contributed by atoms with Crippen LogP contribution in [0.15, 0.2) is 43.0 Å². The Morgan fingerprint density at radius 2 is 2.25 bits per heavy atom. The van der Waals surface area contributed by atoms with Crippen LogP contribution in [0.3, 0.4) is 0 Å². The normalized spacial score (nSPS) is 10.7. The Morgan fingerprint density at radius 3 is 3.04 bits per heavy atom. The number of imidazole rings is 1. The molecule has 3 aromatic rings. The van der Waals surface area contributed by atoms with E-state index >= 15 is 0 Å². The first-order valence-electron chi connectivity index (χ1n) is 7.88. The van der Waals surface area contributed by atoms with Crippen molar-refractivity contribution in [1.29, 1.82) is 0 Å². The summed E-state index contributed by atoms with van der Waals surface area (Å²) in [6, 6.07) is 7.33. The molecule has 124 valence electrons. The number of benzene rings is 1. The Morgan fingerprint density at radius 1 is 1.33 bits per heavy atom. The molecule has 1 aromatic carbocycles. The van der Waals surface area contributed by atoms with Crippen LogP contribution in [-0.4, -0.2) is 42.2 Å². The summed E-state index contributed by atoms with van der Waals surface area (Å²) >= 11 is 0. The average Bonchev–Trinajstić information content (AvgIpc) is 3.29. The van der Waals surface area contributed by atoms with E-state index in [0.29, 0.717) is 24.5 Å². The maximum atomic E-state index is 12.3. The molecule has 0 fully saturated rings. The van der Waals surface area contributed by atoms with Crippen LogP contribution in [0.5, 0.6) is 0 Å². The third-order valence-corrected chi connectivity index (χ3v) is 3.65. The van der Waals surface area contributed by atoms with E-state index in [1.165, 1.54) is 0 Å². The fourth-order valence-corrected chi connectivity index (χ4v) is 2.41. The van der Waals surface area contributed by atoms with Gasteiger partial charge in [0.15, 0.2) is 5.82 Å². The summed E-state index contributed by atoms with van der Waals surface area (Å²) < 4.78 is 3.68. The standard InChI is InChI=1S/C16H19N7O/c1-2-23-15(19-20-21-23)13-5-3-6-14(11-13)16(24)18-7-4-9-22-10-8-17-12-22/h3,5-6,8,10-12H,2,4,7,9H2,1H3,(H,18,24). The van der Waals surface area contributed by atoms with Crippen molar-refractivity contribution in [3.8, 4) is 11.4 Å². The van der Waals surface area contributed by atoms with Gasteiger partial charge in [0.2, 0.25) is 0 Å². The van der Waals surface area contributed by atoms with E-state index < -0.39 is 0 Å². The van der Waals surface area contributed by atoms with E-state index in [4.69, 9.17) is 0 Å². The lowest BCUT2D eigenvalue weighted by molar-refractivity contribution is 0.0953. The van der Waals surface area contributed by atoms with Gasteiger partial charge in [-0.05, 0) is 35.9 Å². The summed E-state index contributed by atoms with van der Waals surface area (Å²) in [5.74, 6) is 0.560. The number of amides is 1. The van der Waals surface area contributed by atoms with Crippen molar-refractivity contribution in [3.63, 3.8) is 0 Å². The molecular weight excluding hydrogens is 306 g/mol. The molecule has 0 aliphatic rings. The number of carbonyl (C=O) groups is 1. The van der Waals surface area contributed by atoms with Gasteiger partial charge in [-0.25, -0.2) is 9.67 Å². The monoisotopic (exact) mass is 325 g/mol. The minimum Gasteiger partial charge on any atom is -0.352 e. The maximum absolute atomic E-state index is 12.3. The highest BCUT2D eigenvalue weighted by atomic mass is 16.1. The van der Waals surface area contributed by atoms with Crippen LogP contribution in [0.2, 0.25) is 0 Å². The highest BCUT2D eigenvalue weighted by Gasteiger charge is 2.11. The molecule has 2 heterocycles. The zero-order valence-corrected chi connectivity index (χ0v) is 13.5. The Hall–Kier alpha value is -3.03. The topological polar surface area (TPSA) is 90.5 Å². The Balaban J connectivity index is 1.60. The third-order valence-electron chi connectivity index (χ3n) is 3.65. The van der Waals surface area contributed by atoms with Crippen LogP contribution in [0, 0.1) is 0 Å². The number of nitrogens with zero attached hydrogens (tertiary/aromatic N) is 6. The lowest BCUT2D eigenvalue weighted by Gasteiger charge is -2.07. The van der Waals surface area contributed by atoms with Crippen molar-refractivity contribution < 1.29 is 4.79 Å². The van der Waals surface area contributed by atoms with Crippen LogP contribution in [-0.2, 0) is 13.1 Å². The van der Waals surface area contributed by atoms with Gasteiger partial charge in [0.1, 0.15) is 0 Å². The smallest absolute Gasteiger partial charge is 0.251 e. The molecule has 2 aromatic heterocycles. The van der Waals surface area contributed by atoms with Gasteiger partial charge in [-0.3, -0.25) is 4.79 Å². The van der Waals surface area contributed by atoms with E-state index in [2.05, 4.69) is 25.8 Å². The fourth-order valence-electron chi connectivity index (χ4n) is 2.41. The van der Waals surface area contributed by atoms with Gasteiger partial charge in [-0.2, -0.15) is 0 Å². The number of aromatic nitrogens is 6. The van der Waals surface area contributed by atoms with E-state index in [0.717, 1.165) is 18.5 Å². The number of rotatable bonds is 7.